The van der Waals surface area contributed by atoms with Gasteiger partial charge in [-0.3, -0.25) is 0 Å². The quantitative estimate of drug-likeness (QED) is 0.799. The van der Waals surface area contributed by atoms with E-state index in [1.54, 1.807) is 0 Å². The lowest BCUT2D eigenvalue weighted by molar-refractivity contribution is 0.346. The van der Waals surface area contributed by atoms with E-state index in [1.807, 2.05) is 12.1 Å². The molecule has 0 bridgehead atoms. The van der Waals surface area contributed by atoms with Crippen molar-refractivity contribution in [3.05, 3.63) is 54.1 Å². The maximum atomic E-state index is 5.90. The average Bonchev–Trinajstić information content (AvgIpc) is 2.46. The molecule has 0 saturated heterocycles. The summed E-state index contributed by atoms with van der Waals surface area (Å²) in [7, 11) is 0. The van der Waals surface area contributed by atoms with E-state index in [-0.39, 0.29) is 0 Å². The van der Waals surface area contributed by atoms with Crippen molar-refractivity contribution in [2.75, 3.05) is 13.2 Å². The number of benzene rings is 2. The standard InChI is InChI=1S/C17H21NO/c1-3-13(2)12-19-17-9-8-14-6-4-5-7-15(14)16(17)10-11-18/h4-9H,2-3,10-12,18H2,1H3. The first-order chi connectivity index (χ1) is 9.26. The fourth-order valence-electron chi connectivity index (χ4n) is 2.14. The van der Waals surface area contributed by atoms with E-state index in [1.165, 1.54) is 16.3 Å². The Morgan fingerprint density at radius 1 is 1.21 bits per heavy atom. The Morgan fingerprint density at radius 3 is 2.74 bits per heavy atom. The van der Waals surface area contributed by atoms with Crippen LogP contribution in [0, 0.1) is 0 Å². The molecule has 0 saturated carbocycles. The third-order valence-corrected chi connectivity index (χ3v) is 3.32. The maximum Gasteiger partial charge on any atom is 0.123 e. The number of rotatable bonds is 6. The van der Waals surface area contributed by atoms with E-state index < -0.39 is 0 Å². The molecule has 0 atom stereocenters. The number of hydrogen-bond acceptors (Lipinski definition) is 2. The molecule has 2 N–H and O–H groups in total. The van der Waals surface area contributed by atoms with Crippen molar-refractivity contribution in [1.82, 2.24) is 0 Å². The first kappa shape index (κ1) is 13.6. The van der Waals surface area contributed by atoms with Gasteiger partial charge in [0.05, 0.1) is 0 Å². The Balaban J connectivity index is 2.36. The van der Waals surface area contributed by atoms with Crippen molar-refractivity contribution in [2.24, 2.45) is 5.73 Å². The Morgan fingerprint density at radius 2 is 2.00 bits per heavy atom. The summed E-state index contributed by atoms with van der Waals surface area (Å²) in [4.78, 5) is 0. The van der Waals surface area contributed by atoms with E-state index in [9.17, 15) is 0 Å². The van der Waals surface area contributed by atoms with Crippen LogP contribution in [0.15, 0.2) is 48.6 Å². The first-order valence-corrected chi connectivity index (χ1v) is 6.76. The van der Waals surface area contributed by atoms with Crippen LogP contribution in [0.3, 0.4) is 0 Å². The summed E-state index contributed by atoms with van der Waals surface area (Å²) in [5.74, 6) is 0.929. The smallest absolute Gasteiger partial charge is 0.123 e. The van der Waals surface area contributed by atoms with Gasteiger partial charge in [0.15, 0.2) is 0 Å². The number of hydrogen-bond donors (Lipinski definition) is 1. The largest absolute Gasteiger partial charge is 0.489 e. The molecule has 100 valence electrons. The van der Waals surface area contributed by atoms with Gasteiger partial charge >= 0.3 is 0 Å². The van der Waals surface area contributed by atoms with E-state index >= 15 is 0 Å². The van der Waals surface area contributed by atoms with Gasteiger partial charge in [-0.15, -0.1) is 0 Å². The zero-order valence-corrected chi connectivity index (χ0v) is 11.5. The molecule has 2 heteroatoms. The summed E-state index contributed by atoms with van der Waals surface area (Å²) < 4.78 is 5.90. The summed E-state index contributed by atoms with van der Waals surface area (Å²) in [6, 6.07) is 12.5. The monoisotopic (exact) mass is 255 g/mol. The van der Waals surface area contributed by atoms with E-state index in [4.69, 9.17) is 10.5 Å². The molecule has 0 aromatic heterocycles. The molecule has 0 radical (unpaired) electrons. The minimum absolute atomic E-state index is 0.576. The van der Waals surface area contributed by atoms with Crippen LogP contribution >= 0.6 is 0 Å². The summed E-state index contributed by atoms with van der Waals surface area (Å²) >= 11 is 0. The van der Waals surface area contributed by atoms with E-state index in [0.29, 0.717) is 13.2 Å². The maximum absolute atomic E-state index is 5.90. The van der Waals surface area contributed by atoms with Gasteiger partial charge in [0.25, 0.3) is 0 Å². The Bertz CT molecular complexity index is 574. The molecule has 0 aliphatic rings. The lowest BCUT2D eigenvalue weighted by Crippen LogP contribution is -2.07. The molecule has 2 rings (SSSR count). The lowest BCUT2D eigenvalue weighted by atomic mass is 10.0. The lowest BCUT2D eigenvalue weighted by Gasteiger charge is -2.14. The van der Waals surface area contributed by atoms with Crippen LogP contribution in [0.5, 0.6) is 5.75 Å². The summed E-state index contributed by atoms with van der Waals surface area (Å²) in [6.07, 6.45) is 1.77. The molecule has 0 heterocycles. The second kappa shape index (κ2) is 6.39. The van der Waals surface area contributed by atoms with Crippen molar-refractivity contribution in [2.45, 2.75) is 19.8 Å². The van der Waals surface area contributed by atoms with Crippen molar-refractivity contribution >= 4 is 10.8 Å². The van der Waals surface area contributed by atoms with Crippen molar-refractivity contribution in [3.8, 4) is 5.75 Å². The van der Waals surface area contributed by atoms with Gasteiger partial charge in [-0.2, -0.15) is 0 Å². The fraction of sp³-hybridized carbons (Fsp3) is 0.294. The Kier molecular flexibility index (Phi) is 4.58. The van der Waals surface area contributed by atoms with Crippen molar-refractivity contribution in [1.29, 1.82) is 0 Å². The van der Waals surface area contributed by atoms with Crippen LogP contribution < -0.4 is 10.5 Å². The first-order valence-electron chi connectivity index (χ1n) is 6.76. The van der Waals surface area contributed by atoms with Gasteiger partial charge in [0.1, 0.15) is 12.4 Å². The zero-order valence-electron chi connectivity index (χ0n) is 11.5. The third kappa shape index (κ3) is 3.15. The van der Waals surface area contributed by atoms with Gasteiger partial charge in [-0.25, -0.2) is 0 Å². The van der Waals surface area contributed by atoms with Crippen LogP contribution in [-0.4, -0.2) is 13.2 Å². The molecule has 2 nitrogen and oxygen atoms in total. The minimum atomic E-state index is 0.576. The SMILES string of the molecule is C=C(CC)COc1ccc2ccccc2c1CCN. The fourth-order valence-corrected chi connectivity index (χ4v) is 2.14. The Hall–Kier alpha value is -1.80. The molecule has 0 fully saturated rings. The summed E-state index contributed by atoms with van der Waals surface area (Å²) in [6.45, 7) is 7.27. The summed E-state index contributed by atoms with van der Waals surface area (Å²) in [5, 5.41) is 2.46. The van der Waals surface area contributed by atoms with Crippen LogP contribution in [0.2, 0.25) is 0 Å². The molecule has 0 amide bonds. The molecule has 0 aliphatic heterocycles. The zero-order chi connectivity index (χ0) is 13.7. The van der Waals surface area contributed by atoms with E-state index in [2.05, 4.69) is 37.8 Å². The average molecular weight is 255 g/mol. The molecule has 0 aliphatic carbocycles. The van der Waals surface area contributed by atoms with Crippen molar-refractivity contribution in [3.63, 3.8) is 0 Å². The number of ether oxygens (including phenoxy) is 1. The normalized spacial score (nSPS) is 10.6. The van der Waals surface area contributed by atoms with Gasteiger partial charge in [-0.1, -0.05) is 43.8 Å². The topological polar surface area (TPSA) is 35.2 Å². The van der Waals surface area contributed by atoms with Crippen LogP contribution in [-0.2, 0) is 6.42 Å². The highest BCUT2D eigenvalue weighted by Gasteiger charge is 2.08. The number of fused-ring (bicyclic) bond motifs is 1. The van der Waals surface area contributed by atoms with E-state index in [0.717, 1.165) is 24.2 Å². The van der Waals surface area contributed by atoms with Crippen LogP contribution in [0.4, 0.5) is 0 Å². The molecular formula is C17H21NO. The van der Waals surface area contributed by atoms with Crippen LogP contribution in [0.25, 0.3) is 10.8 Å². The van der Waals surface area contributed by atoms with Gasteiger partial charge < -0.3 is 10.5 Å². The second-order valence-electron chi connectivity index (χ2n) is 4.69. The molecule has 2 aromatic carbocycles. The van der Waals surface area contributed by atoms with Gasteiger partial charge in [0.2, 0.25) is 0 Å². The second-order valence-corrected chi connectivity index (χ2v) is 4.69. The molecule has 0 unspecified atom stereocenters. The molecular weight excluding hydrogens is 234 g/mol. The van der Waals surface area contributed by atoms with Gasteiger partial charge in [-0.05, 0) is 41.8 Å². The third-order valence-electron chi connectivity index (χ3n) is 3.32. The highest BCUT2D eigenvalue weighted by Crippen LogP contribution is 2.28. The van der Waals surface area contributed by atoms with Crippen molar-refractivity contribution < 1.29 is 4.74 Å². The predicted octanol–water partition coefficient (Wildman–Crippen LogP) is 3.69. The highest BCUT2D eigenvalue weighted by atomic mass is 16.5. The molecule has 0 spiro atoms. The molecule has 2 aromatic rings. The van der Waals surface area contributed by atoms with Gasteiger partial charge in [0, 0.05) is 5.56 Å². The highest BCUT2D eigenvalue weighted by molar-refractivity contribution is 5.87. The minimum Gasteiger partial charge on any atom is -0.489 e. The number of nitrogens with two attached hydrogens (primary N) is 1. The predicted molar refractivity (Wildman–Crippen MR) is 81.6 cm³/mol. The Labute approximate surface area is 114 Å². The van der Waals surface area contributed by atoms with Crippen LogP contribution in [0.1, 0.15) is 18.9 Å². The summed E-state index contributed by atoms with van der Waals surface area (Å²) in [5.41, 5.74) is 8.03. The molecule has 19 heavy (non-hydrogen) atoms.